The maximum absolute atomic E-state index is 14.0. The smallest absolute Gasteiger partial charge is 0.383 e. The van der Waals surface area contributed by atoms with E-state index in [9.17, 15) is 30.7 Å². The van der Waals surface area contributed by atoms with Crippen molar-refractivity contribution in [3.8, 4) is 0 Å². The van der Waals surface area contributed by atoms with Crippen molar-refractivity contribution in [2.75, 3.05) is 0 Å². The Morgan fingerprint density at radius 1 is 0.957 bits per heavy atom. The highest BCUT2D eigenvalue weighted by Crippen LogP contribution is 2.63. The molecule has 0 bridgehead atoms. The SMILES string of the molecule is CCc1oc2ccccc2c1C1=C(F)C(F)(F)C(F)(F)C1(F)F. The summed E-state index contributed by atoms with van der Waals surface area (Å²) >= 11 is 0. The van der Waals surface area contributed by atoms with E-state index in [0.717, 1.165) is 0 Å². The maximum atomic E-state index is 14.0. The molecule has 0 spiro atoms. The van der Waals surface area contributed by atoms with Gasteiger partial charge in [-0.3, -0.25) is 0 Å². The van der Waals surface area contributed by atoms with Gasteiger partial charge in [-0.25, -0.2) is 4.39 Å². The summed E-state index contributed by atoms with van der Waals surface area (Å²) in [6.45, 7) is 1.45. The van der Waals surface area contributed by atoms with Gasteiger partial charge in [-0.15, -0.1) is 0 Å². The Kier molecular flexibility index (Phi) is 3.12. The van der Waals surface area contributed by atoms with Gasteiger partial charge in [0.2, 0.25) is 0 Å². The van der Waals surface area contributed by atoms with Gasteiger partial charge in [0, 0.05) is 17.4 Å². The van der Waals surface area contributed by atoms with Crippen molar-refractivity contribution < 1.29 is 35.2 Å². The molecular weight excluding hydrogens is 329 g/mol. The lowest BCUT2D eigenvalue weighted by Crippen LogP contribution is -2.48. The van der Waals surface area contributed by atoms with Crippen molar-refractivity contribution in [2.45, 2.75) is 31.1 Å². The summed E-state index contributed by atoms with van der Waals surface area (Å²) in [7, 11) is 0. The lowest BCUT2D eigenvalue weighted by Gasteiger charge is -2.24. The van der Waals surface area contributed by atoms with E-state index in [1.165, 1.54) is 31.2 Å². The van der Waals surface area contributed by atoms with E-state index in [4.69, 9.17) is 4.42 Å². The van der Waals surface area contributed by atoms with E-state index in [0.29, 0.717) is 0 Å². The average molecular weight is 338 g/mol. The second-order valence-corrected chi connectivity index (χ2v) is 5.16. The molecule has 2 aromatic rings. The molecule has 1 heterocycles. The zero-order valence-electron chi connectivity index (χ0n) is 11.6. The van der Waals surface area contributed by atoms with E-state index in [-0.39, 0.29) is 23.2 Å². The molecule has 0 atom stereocenters. The normalized spacial score (nSPS) is 22.1. The highest BCUT2D eigenvalue weighted by molar-refractivity contribution is 5.96. The summed E-state index contributed by atoms with van der Waals surface area (Å²) in [6, 6.07) is 5.43. The van der Waals surface area contributed by atoms with Crippen LogP contribution >= 0.6 is 0 Å². The number of halogens is 7. The number of alkyl halides is 6. The summed E-state index contributed by atoms with van der Waals surface area (Å²) in [6.07, 6.45) is -0.0615. The number of furan rings is 1. The molecule has 0 unspecified atom stereocenters. The van der Waals surface area contributed by atoms with Crippen LogP contribution in [0.5, 0.6) is 0 Å². The van der Waals surface area contributed by atoms with Gasteiger partial charge >= 0.3 is 17.8 Å². The minimum atomic E-state index is -5.86. The van der Waals surface area contributed by atoms with Crippen molar-refractivity contribution in [3.63, 3.8) is 0 Å². The summed E-state index contributed by atoms with van der Waals surface area (Å²) in [5, 5.41) is -0.123. The summed E-state index contributed by atoms with van der Waals surface area (Å²) < 4.78 is 101. The molecule has 0 saturated heterocycles. The highest BCUT2D eigenvalue weighted by atomic mass is 19.3. The predicted molar refractivity (Wildman–Crippen MR) is 68.5 cm³/mol. The molecule has 0 amide bonds. The van der Waals surface area contributed by atoms with Crippen LogP contribution < -0.4 is 0 Å². The molecule has 23 heavy (non-hydrogen) atoms. The van der Waals surface area contributed by atoms with Crippen LogP contribution in [0.25, 0.3) is 16.5 Å². The molecule has 1 aromatic carbocycles. The van der Waals surface area contributed by atoms with Crippen LogP contribution in [0, 0.1) is 0 Å². The Labute approximate surface area is 125 Å². The third-order valence-electron chi connectivity index (χ3n) is 3.84. The van der Waals surface area contributed by atoms with Gasteiger partial charge < -0.3 is 4.42 Å². The molecule has 1 nitrogen and oxygen atoms in total. The van der Waals surface area contributed by atoms with Crippen LogP contribution in [0.3, 0.4) is 0 Å². The minimum Gasteiger partial charge on any atom is -0.460 e. The molecule has 0 aliphatic heterocycles. The summed E-state index contributed by atoms with van der Waals surface area (Å²) in [5.41, 5.74) is -2.72. The van der Waals surface area contributed by atoms with Crippen molar-refractivity contribution in [3.05, 3.63) is 41.4 Å². The van der Waals surface area contributed by atoms with Crippen LogP contribution in [-0.4, -0.2) is 17.8 Å². The fraction of sp³-hybridized carbons (Fsp3) is 0.333. The molecule has 8 heteroatoms. The molecule has 0 radical (unpaired) electrons. The highest BCUT2D eigenvalue weighted by Gasteiger charge is 2.81. The van der Waals surface area contributed by atoms with Gasteiger partial charge in [-0.2, -0.15) is 26.3 Å². The Balaban J connectivity index is 2.41. The molecule has 1 aliphatic rings. The first-order chi connectivity index (χ1) is 10.6. The fourth-order valence-electron chi connectivity index (χ4n) is 2.67. The maximum Gasteiger partial charge on any atom is 0.383 e. The minimum absolute atomic E-state index is 0.0222. The lowest BCUT2D eigenvalue weighted by molar-refractivity contribution is -0.263. The molecule has 1 aliphatic carbocycles. The summed E-state index contributed by atoms with van der Waals surface area (Å²) in [4.78, 5) is 0. The fourth-order valence-corrected chi connectivity index (χ4v) is 2.67. The topological polar surface area (TPSA) is 13.1 Å². The average Bonchev–Trinajstić information content (AvgIpc) is 2.88. The van der Waals surface area contributed by atoms with Crippen LogP contribution in [0.15, 0.2) is 34.5 Å². The predicted octanol–water partition coefficient (Wildman–Crippen LogP) is 5.60. The molecule has 0 fully saturated rings. The van der Waals surface area contributed by atoms with Crippen LogP contribution in [-0.2, 0) is 6.42 Å². The number of hydrogen-bond acceptors (Lipinski definition) is 1. The number of para-hydroxylation sites is 1. The second kappa shape index (κ2) is 4.52. The number of fused-ring (bicyclic) bond motifs is 1. The van der Waals surface area contributed by atoms with E-state index in [1.54, 1.807) is 0 Å². The third-order valence-corrected chi connectivity index (χ3v) is 3.84. The first-order valence-corrected chi connectivity index (χ1v) is 6.62. The Morgan fingerprint density at radius 3 is 2.09 bits per heavy atom. The standard InChI is InChI=1S/C15H9F7O/c1-2-8-10(7-5-3-4-6-9(7)23-8)11-12(16)14(19,20)15(21,22)13(11,17)18/h3-6H,2H2,1H3. The number of benzene rings is 1. The quantitative estimate of drug-likeness (QED) is 0.650. The number of hydrogen-bond donors (Lipinski definition) is 0. The van der Waals surface area contributed by atoms with Gasteiger partial charge in [0.05, 0.1) is 5.57 Å². The van der Waals surface area contributed by atoms with Gasteiger partial charge in [0.25, 0.3) is 0 Å². The van der Waals surface area contributed by atoms with E-state index in [1.807, 2.05) is 0 Å². The van der Waals surface area contributed by atoms with E-state index in [2.05, 4.69) is 0 Å². The Bertz CT molecular complexity index is 816. The molecule has 0 N–H and O–H groups in total. The molecule has 3 rings (SSSR count). The van der Waals surface area contributed by atoms with Gasteiger partial charge in [0.15, 0.2) is 5.83 Å². The number of aryl methyl sites for hydroxylation is 1. The van der Waals surface area contributed by atoms with Crippen molar-refractivity contribution in [1.82, 2.24) is 0 Å². The van der Waals surface area contributed by atoms with E-state index >= 15 is 0 Å². The van der Waals surface area contributed by atoms with Crippen LogP contribution in [0.2, 0.25) is 0 Å². The van der Waals surface area contributed by atoms with E-state index < -0.39 is 34.7 Å². The van der Waals surface area contributed by atoms with Crippen molar-refractivity contribution in [1.29, 1.82) is 0 Å². The first-order valence-electron chi connectivity index (χ1n) is 6.62. The Hall–Kier alpha value is -1.99. The van der Waals surface area contributed by atoms with Crippen molar-refractivity contribution in [2.24, 2.45) is 0 Å². The molecule has 124 valence electrons. The van der Waals surface area contributed by atoms with Gasteiger partial charge in [-0.1, -0.05) is 25.1 Å². The van der Waals surface area contributed by atoms with Crippen LogP contribution in [0.1, 0.15) is 18.2 Å². The largest absolute Gasteiger partial charge is 0.460 e. The van der Waals surface area contributed by atoms with Crippen LogP contribution in [0.4, 0.5) is 30.7 Å². The second-order valence-electron chi connectivity index (χ2n) is 5.16. The summed E-state index contributed by atoms with van der Waals surface area (Å²) in [5.74, 6) is -19.9. The van der Waals surface area contributed by atoms with Gasteiger partial charge in [0.1, 0.15) is 11.3 Å². The number of rotatable bonds is 2. The monoisotopic (exact) mass is 338 g/mol. The third kappa shape index (κ3) is 1.74. The molecule has 1 aromatic heterocycles. The zero-order valence-corrected chi connectivity index (χ0v) is 11.6. The molecule has 0 saturated carbocycles. The number of allylic oxidation sites excluding steroid dienone is 2. The van der Waals surface area contributed by atoms with Crippen molar-refractivity contribution >= 4 is 16.5 Å². The molecular formula is C15H9F7O. The lowest BCUT2D eigenvalue weighted by atomic mass is 9.97. The first kappa shape index (κ1) is 15.9. The Morgan fingerprint density at radius 2 is 1.57 bits per heavy atom. The van der Waals surface area contributed by atoms with Gasteiger partial charge in [-0.05, 0) is 6.07 Å². The zero-order chi connectivity index (χ0) is 17.2.